The maximum absolute atomic E-state index is 12.3. The van der Waals surface area contributed by atoms with E-state index in [0.29, 0.717) is 38.2 Å². The van der Waals surface area contributed by atoms with Gasteiger partial charge in [0.1, 0.15) is 0 Å². The highest BCUT2D eigenvalue weighted by Crippen LogP contribution is 2.14. The Bertz CT molecular complexity index is 302. The zero-order chi connectivity index (χ0) is 12.2. The topological polar surface area (TPSA) is 49.9 Å². The van der Waals surface area contributed by atoms with Crippen LogP contribution in [0.5, 0.6) is 0 Å². The van der Waals surface area contributed by atoms with E-state index in [1.807, 2.05) is 13.8 Å². The van der Waals surface area contributed by atoms with Gasteiger partial charge < -0.3 is 4.74 Å². The standard InChI is InChI=1S/C9H19BrN2O3S/c1-9(2)12(4-3-10)16(13,14)11-5-7-15-8-6-11/h9H,3-8H2,1-2H3. The predicted molar refractivity (Wildman–Crippen MR) is 66.9 cm³/mol. The molecule has 5 nitrogen and oxygen atoms in total. The molecule has 0 spiro atoms. The molecule has 96 valence electrons. The smallest absolute Gasteiger partial charge is 0.282 e. The Kier molecular flexibility index (Phi) is 5.66. The second-order valence-corrected chi connectivity index (χ2v) is 6.59. The van der Waals surface area contributed by atoms with E-state index in [0.717, 1.165) is 0 Å². The number of halogens is 1. The Morgan fingerprint density at radius 2 is 1.94 bits per heavy atom. The lowest BCUT2D eigenvalue weighted by atomic mass is 10.4. The van der Waals surface area contributed by atoms with Gasteiger partial charge in [0.2, 0.25) is 0 Å². The molecule has 1 rings (SSSR count). The molecule has 7 heteroatoms. The summed E-state index contributed by atoms with van der Waals surface area (Å²) >= 11 is 3.29. The van der Waals surface area contributed by atoms with Crippen LogP contribution in [0.3, 0.4) is 0 Å². The van der Waals surface area contributed by atoms with Crippen molar-refractivity contribution in [3.63, 3.8) is 0 Å². The van der Waals surface area contributed by atoms with E-state index in [1.54, 1.807) is 0 Å². The quantitative estimate of drug-likeness (QED) is 0.701. The molecule has 0 bridgehead atoms. The van der Waals surface area contributed by atoms with Crippen LogP contribution in [-0.4, -0.2) is 61.2 Å². The number of hydrogen-bond donors (Lipinski definition) is 0. The van der Waals surface area contributed by atoms with E-state index in [-0.39, 0.29) is 6.04 Å². The molecule has 0 saturated carbocycles. The van der Waals surface area contributed by atoms with Crippen molar-refractivity contribution >= 4 is 26.1 Å². The number of rotatable bonds is 5. The highest BCUT2D eigenvalue weighted by molar-refractivity contribution is 9.09. The van der Waals surface area contributed by atoms with Gasteiger partial charge in [0.15, 0.2) is 0 Å². The second kappa shape index (κ2) is 6.30. The van der Waals surface area contributed by atoms with Crippen molar-refractivity contribution in [1.29, 1.82) is 0 Å². The number of hydrogen-bond acceptors (Lipinski definition) is 3. The van der Waals surface area contributed by atoms with Crippen LogP contribution < -0.4 is 0 Å². The van der Waals surface area contributed by atoms with E-state index >= 15 is 0 Å². The van der Waals surface area contributed by atoms with E-state index in [1.165, 1.54) is 8.61 Å². The third-order valence-electron chi connectivity index (χ3n) is 2.47. The van der Waals surface area contributed by atoms with Crippen molar-refractivity contribution in [1.82, 2.24) is 8.61 Å². The van der Waals surface area contributed by atoms with Crippen LogP contribution in [0.15, 0.2) is 0 Å². The number of nitrogens with zero attached hydrogens (tertiary/aromatic N) is 2. The summed E-state index contributed by atoms with van der Waals surface area (Å²) in [5.41, 5.74) is 0. The first-order chi connectivity index (χ1) is 7.50. The van der Waals surface area contributed by atoms with Gasteiger partial charge in [0, 0.05) is 31.0 Å². The van der Waals surface area contributed by atoms with Crippen LogP contribution in [0.1, 0.15) is 13.8 Å². The van der Waals surface area contributed by atoms with Crippen LogP contribution in [0.2, 0.25) is 0 Å². The molecule has 0 N–H and O–H groups in total. The molecule has 0 radical (unpaired) electrons. The van der Waals surface area contributed by atoms with Gasteiger partial charge in [-0.05, 0) is 13.8 Å². The fraction of sp³-hybridized carbons (Fsp3) is 1.00. The molecule has 1 aliphatic rings. The minimum absolute atomic E-state index is 0.0228. The second-order valence-electron chi connectivity index (χ2n) is 3.91. The van der Waals surface area contributed by atoms with Crippen LogP contribution in [0, 0.1) is 0 Å². The summed E-state index contributed by atoms with van der Waals surface area (Å²) in [6, 6.07) is -0.0228. The highest BCUT2D eigenvalue weighted by atomic mass is 79.9. The summed E-state index contributed by atoms with van der Waals surface area (Å²) in [7, 11) is -3.33. The SMILES string of the molecule is CC(C)N(CCBr)S(=O)(=O)N1CCOCC1. The molecule has 0 aliphatic carbocycles. The zero-order valence-electron chi connectivity index (χ0n) is 9.73. The maximum Gasteiger partial charge on any atom is 0.282 e. The number of ether oxygens (including phenoxy) is 1. The lowest BCUT2D eigenvalue weighted by Gasteiger charge is -2.33. The number of morpholine rings is 1. The Morgan fingerprint density at radius 3 is 2.38 bits per heavy atom. The van der Waals surface area contributed by atoms with Crippen LogP contribution in [0.4, 0.5) is 0 Å². The first-order valence-electron chi connectivity index (χ1n) is 5.40. The lowest BCUT2D eigenvalue weighted by Crippen LogP contribution is -2.51. The molecule has 16 heavy (non-hydrogen) atoms. The van der Waals surface area contributed by atoms with E-state index in [2.05, 4.69) is 15.9 Å². The normalized spacial score (nSPS) is 19.6. The van der Waals surface area contributed by atoms with Gasteiger partial charge in [0.05, 0.1) is 13.2 Å². The van der Waals surface area contributed by atoms with Gasteiger partial charge in [-0.3, -0.25) is 0 Å². The van der Waals surface area contributed by atoms with Crippen molar-refractivity contribution < 1.29 is 13.2 Å². The molecule has 0 aromatic rings. The fourth-order valence-corrected chi connectivity index (χ4v) is 4.03. The molecule has 0 aromatic carbocycles. The molecular weight excluding hydrogens is 296 g/mol. The third-order valence-corrected chi connectivity index (χ3v) is 5.04. The Morgan fingerprint density at radius 1 is 1.38 bits per heavy atom. The van der Waals surface area contributed by atoms with E-state index < -0.39 is 10.2 Å². The summed E-state index contributed by atoms with van der Waals surface area (Å²) in [5.74, 6) is 0. The molecule has 0 amide bonds. The van der Waals surface area contributed by atoms with Crippen molar-refractivity contribution in [3.05, 3.63) is 0 Å². The van der Waals surface area contributed by atoms with E-state index in [4.69, 9.17) is 4.74 Å². The van der Waals surface area contributed by atoms with Gasteiger partial charge in [-0.25, -0.2) is 0 Å². The first kappa shape index (κ1) is 14.4. The van der Waals surface area contributed by atoms with Crippen LogP contribution >= 0.6 is 15.9 Å². The molecule has 1 saturated heterocycles. The third kappa shape index (κ3) is 3.40. The zero-order valence-corrected chi connectivity index (χ0v) is 12.1. The predicted octanol–water partition coefficient (Wildman–Crippen LogP) is 0.669. The molecule has 0 aromatic heterocycles. The van der Waals surface area contributed by atoms with Crippen molar-refractivity contribution in [2.45, 2.75) is 19.9 Å². The number of alkyl halides is 1. The molecular formula is C9H19BrN2O3S. The van der Waals surface area contributed by atoms with Crippen molar-refractivity contribution in [2.75, 3.05) is 38.2 Å². The van der Waals surface area contributed by atoms with E-state index in [9.17, 15) is 8.42 Å². The van der Waals surface area contributed by atoms with Crippen molar-refractivity contribution in [3.8, 4) is 0 Å². The summed E-state index contributed by atoms with van der Waals surface area (Å²) in [4.78, 5) is 0. The monoisotopic (exact) mass is 314 g/mol. The molecule has 1 heterocycles. The molecule has 1 fully saturated rings. The Labute approximate surface area is 106 Å². The average molecular weight is 315 g/mol. The first-order valence-corrected chi connectivity index (χ1v) is 7.92. The van der Waals surface area contributed by atoms with Gasteiger partial charge in [0.25, 0.3) is 10.2 Å². The molecule has 1 aliphatic heterocycles. The summed E-state index contributed by atoms with van der Waals surface area (Å²) in [6.07, 6.45) is 0. The summed E-state index contributed by atoms with van der Waals surface area (Å²) in [6.45, 7) is 6.15. The Hall–Kier alpha value is 0.310. The Balaban J connectivity index is 2.79. The average Bonchev–Trinajstić information content (AvgIpc) is 2.26. The largest absolute Gasteiger partial charge is 0.379 e. The van der Waals surface area contributed by atoms with Gasteiger partial charge >= 0.3 is 0 Å². The van der Waals surface area contributed by atoms with Gasteiger partial charge in [-0.15, -0.1) is 0 Å². The fourth-order valence-electron chi connectivity index (χ4n) is 1.65. The molecule has 0 unspecified atom stereocenters. The summed E-state index contributed by atoms with van der Waals surface area (Å²) in [5, 5.41) is 0.648. The minimum atomic E-state index is -3.33. The lowest BCUT2D eigenvalue weighted by molar-refractivity contribution is 0.0696. The van der Waals surface area contributed by atoms with Crippen LogP contribution in [0.25, 0.3) is 0 Å². The molecule has 0 atom stereocenters. The van der Waals surface area contributed by atoms with Crippen molar-refractivity contribution in [2.24, 2.45) is 0 Å². The van der Waals surface area contributed by atoms with Gasteiger partial charge in [-0.1, -0.05) is 15.9 Å². The maximum atomic E-state index is 12.3. The minimum Gasteiger partial charge on any atom is -0.379 e. The van der Waals surface area contributed by atoms with Crippen LogP contribution in [-0.2, 0) is 14.9 Å². The highest BCUT2D eigenvalue weighted by Gasteiger charge is 2.31. The van der Waals surface area contributed by atoms with Gasteiger partial charge in [-0.2, -0.15) is 17.0 Å². The summed E-state index contributed by atoms with van der Waals surface area (Å²) < 4.78 is 32.8.